The molecule has 0 radical (unpaired) electrons. The number of nitrogens with one attached hydrogen (secondary N) is 1. The van der Waals surface area contributed by atoms with Crippen LogP contribution in [0.2, 0.25) is 0 Å². The maximum atomic E-state index is 13.4. The number of phenols is 1. The van der Waals surface area contributed by atoms with Gasteiger partial charge in [0, 0.05) is 17.3 Å². The van der Waals surface area contributed by atoms with Gasteiger partial charge in [-0.1, -0.05) is 67.9 Å². The highest BCUT2D eigenvalue weighted by atomic mass is 32.2. The van der Waals surface area contributed by atoms with Crippen molar-refractivity contribution in [3.05, 3.63) is 65.1 Å². The summed E-state index contributed by atoms with van der Waals surface area (Å²) in [4.78, 5) is 16.1. The summed E-state index contributed by atoms with van der Waals surface area (Å²) in [6.07, 6.45) is 6.43. The summed E-state index contributed by atoms with van der Waals surface area (Å²) < 4.78 is 0. The van der Waals surface area contributed by atoms with E-state index in [1.165, 1.54) is 24.6 Å². The molecule has 1 amide bonds. The van der Waals surface area contributed by atoms with E-state index in [-0.39, 0.29) is 23.2 Å². The third-order valence-electron chi connectivity index (χ3n) is 5.65. The van der Waals surface area contributed by atoms with E-state index in [0.717, 1.165) is 18.5 Å². The van der Waals surface area contributed by atoms with Crippen LogP contribution in [0.5, 0.6) is 5.75 Å². The SMILES string of the molecule is C[C@H]1CCCC[C@@H]1N1C(=O)/C(=C/c2ccccc2O)SC1Nc1ccccc1. The van der Waals surface area contributed by atoms with Crippen LogP contribution >= 0.6 is 11.8 Å². The van der Waals surface area contributed by atoms with Gasteiger partial charge in [-0.3, -0.25) is 4.79 Å². The summed E-state index contributed by atoms with van der Waals surface area (Å²) in [5, 5.41) is 13.7. The van der Waals surface area contributed by atoms with Crippen molar-refractivity contribution in [2.75, 3.05) is 5.32 Å². The minimum atomic E-state index is -0.141. The van der Waals surface area contributed by atoms with E-state index in [0.29, 0.717) is 16.4 Å². The third kappa shape index (κ3) is 3.90. The molecule has 2 aromatic carbocycles. The molecule has 1 saturated carbocycles. The molecule has 4 rings (SSSR count). The largest absolute Gasteiger partial charge is 0.507 e. The van der Waals surface area contributed by atoms with Gasteiger partial charge in [0.15, 0.2) is 5.50 Å². The molecular weight excluding hydrogens is 368 g/mol. The second-order valence-electron chi connectivity index (χ2n) is 7.59. The lowest BCUT2D eigenvalue weighted by atomic mass is 9.85. The van der Waals surface area contributed by atoms with Gasteiger partial charge in [0.2, 0.25) is 0 Å². The molecule has 0 bridgehead atoms. The monoisotopic (exact) mass is 394 g/mol. The Hall–Kier alpha value is -2.40. The van der Waals surface area contributed by atoms with Crippen molar-refractivity contribution in [1.82, 2.24) is 4.90 Å². The Bertz CT molecular complexity index is 868. The average Bonchev–Trinajstić information content (AvgIpc) is 3.00. The second kappa shape index (κ2) is 8.31. The van der Waals surface area contributed by atoms with Crippen molar-refractivity contribution in [3.63, 3.8) is 0 Å². The number of rotatable bonds is 4. The summed E-state index contributed by atoms with van der Waals surface area (Å²) in [6.45, 7) is 2.26. The van der Waals surface area contributed by atoms with E-state index < -0.39 is 0 Å². The summed E-state index contributed by atoms with van der Waals surface area (Å²) >= 11 is 1.54. The zero-order chi connectivity index (χ0) is 19.5. The molecule has 0 spiro atoms. The fourth-order valence-corrected chi connectivity index (χ4v) is 5.32. The summed E-state index contributed by atoms with van der Waals surface area (Å²) in [6, 6.07) is 17.4. The van der Waals surface area contributed by atoms with Crippen molar-refractivity contribution in [3.8, 4) is 5.75 Å². The van der Waals surface area contributed by atoms with Crippen LogP contribution in [0.1, 0.15) is 38.2 Å². The molecule has 2 N–H and O–H groups in total. The maximum Gasteiger partial charge on any atom is 0.262 e. The quantitative estimate of drug-likeness (QED) is 0.693. The fraction of sp³-hybridized carbons (Fsp3) is 0.348. The van der Waals surface area contributed by atoms with E-state index in [2.05, 4.69) is 12.2 Å². The minimum absolute atomic E-state index is 0.0560. The maximum absolute atomic E-state index is 13.4. The first-order valence-electron chi connectivity index (χ1n) is 9.94. The van der Waals surface area contributed by atoms with E-state index in [4.69, 9.17) is 0 Å². The second-order valence-corrected chi connectivity index (χ2v) is 8.71. The van der Waals surface area contributed by atoms with Gasteiger partial charge in [0.25, 0.3) is 5.91 Å². The standard InChI is InChI=1S/C23H26N2O2S/c1-16-9-5-7-13-19(16)25-22(27)21(15-17-10-6-8-14-20(17)26)28-23(25)24-18-11-3-2-4-12-18/h2-4,6,8,10-12,14-16,19,23-24,26H,5,7,9,13H2,1H3/b21-15-/t16-,19-,23?/m0/s1. The number of anilines is 1. The van der Waals surface area contributed by atoms with Gasteiger partial charge in [-0.05, 0) is 43.0 Å². The molecule has 1 unspecified atom stereocenters. The Morgan fingerprint density at radius 3 is 2.54 bits per heavy atom. The van der Waals surface area contributed by atoms with Crippen LogP contribution in [-0.2, 0) is 4.79 Å². The van der Waals surface area contributed by atoms with Crippen molar-refractivity contribution in [1.29, 1.82) is 0 Å². The number of aromatic hydroxyl groups is 1. The smallest absolute Gasteiger partial charge is 0.262 e. The molecular formula is C23H26N2O2S. The van der Waals surface area contributed by atoms with Crippen LogP contribution in [0.4, 0.5) is 5.69 Å². The first-order chi connectivity index (χ1) is 13.6. The fourth-order valence-electron chi connectivity index (χ4n) is 4.12. The molecule has 1 saturated heterocycles. The lowest BCUT2D eigenvalue weighted by Gasteiger charge is -2.39. The summed E-state index contributed by atoms with van der Waals surface area (Å²) in [5.74, 6) is 0.740. The Labute approximate surface area is 170 Å². The highest BCUT2D eigenvalue weighted by Gasteiger charge is 2.42. The molecule has 1 aliphatic heterocycles. The molecule has 2 fully saturated rings. The predicted octanol–water partition coefficient (Wildman–Crippen LogP) is 5.28. The molecule has 1 aliphatic carbocycles. The highest BCUT2D eigenvalue weighted by Crippen LogP contribution is 2.42. The van der Waals surface area contributed by atoms with Crippen LogP contribution in [-0.4, -0.2) is 27.5 Å². The zero-order valence-electron chi connectivity index (χ0n) is 16.0. The Morgan fingerprint density at radius 2 is 1.79 bits per heavy atom. The molecule has 1 heterocycles. The number of para-hydroxylation sites is 2. The van der Waals surface area contributed by atoms with Gasteiger partial charge in [-0.2, -0.15) is 0 Å². The van der Waals surface area contributed by atoms with E-state index in [1.54, 1.807) is 12.1 Å². The number of hydrogen-bond acceptors (Lipinski definition) is 4. The Kier molecular flexibility index (Phi) is 5.62. The Morgan fingerprint density at radius 1 is 1.07 bits per heavy atom. The topological polar surface area (TPSA) is 52.6 Å². The van der Waals surface area contributed by atoms with Crippen molar-refractivity contribution < 1.29 is 9.90 Å². The van der Waals surface area contributed by atoms with Crippen molar-refractivity contribution in [2.45, 2.75) is 44.1 Å². The average molecular weight is 395 g/mol. The summed E-state index contributed by atoms with van der Waals surface area (Å²) in [5.41, 5.74) is 1.54. The molecule has 28 heavy (non-hydrogen) atoms. The number of nitrogens with zero attached hydrogens (tertiary/aromatic N) is 1. The molecule has 146 valence electrons. The Balaban J connectivity index is 1.66. The van der Waals surface area contributed by atoms with Gasteiger partial charge >= 0.3 is 0 Å². The number of phenolic OH excluding ortho intramolecular Hbond substituents is 1. The number of hydrogen-bond donors (Lipinski definition) is 2. The van der Waals surface area contributed by atoms with Crippen LogP contribution in [0.25, 0.3) is 6.08 Å². The number of carbonyl (C=O) groups excluding carboxylic acids is 1. The first-order valence-corrected chi connectivity index (χ1v) is 10.8. The number of carbonyl (C=O) groups is 1. The van der Waals surface area contributed by atoms with Crippen molar-refractivity contribution >= 4 is 29.4 Å². The van der Waals surface area contributed by atoms with Gasteiger partial charge in [0.1, 0.15) is 5.75 Å². The molecule has 0 aromatic heterocycles. The van der Waals surface area contributed by atoms with Crippen LogP contribution < -0.4 is 5.32 Å². The van der Waals surface area contributed by atoms with Gasteiger partial charge in [-0.25, -0.2) is 0 Å². The van der Waals surface area contributed by atoms with Gasteiger partial charge in [0.05, 0.1) is 4.91 Å². The van der Waals surface area contributed by atoms with E-state index >= 15 is 0 Å². The third-order valence-corrected chi connectivity index (χ3v) is 6.76. The normalized spacial score (nSPS) is 26.6. The van der Waals surface area contributed by atoms with E-state index in [1.807, 2.05) is 53.4 Å². The molecule has 2 aromatic rings. The molecule has 3 atom stereocenters. The van der Waals surface area contributed by atoms with Crippen LogP contribution in [0.3, 0.4) is 0 Å². The van der Waals surface area contributed by atoms with Gasteiger partial charge in [-0.15, -0.1) is 0 Å². The molecule has 2 aliphatic rings. The predicted molar refractivity (Wildman–Crippen MR) is 116 cm³/mol. The zero-order valence-corrected chi connectivity index (χ0v) is 16.9. The lowest BCUT2D eigenvalue weighted by molar-refractivity contribution is -0.129. The number of amides is 1. The minimum Gasteiger partial charge on any atom is -0.507 e. The molecule has 4 nitrogen and oxygen atoms in total. The lowest BCUT2D eigenvalue weighted by Crippen LogP contribution is -2.48. The number of thioether (sulfide) groups is 1. The van der Waals surface area contributed by atoms with E-state index in [9.17, 15) is 9.90 Å². The first kappa shape index (κ1) is 18.9. The summed E-state index contributed by atoms with van der Waals surface area (Å²) in [7, 11) is 0. The van der Waals surface area contributed by atoms with Crippen molar-refractivity contribution in [2.24, 2.45) is 5.92 Å². The van der Waals surface area contributed by atoms with Crippen LogP contribution in [0, 0.1) is 5.92 Å². The highest BCUT2D eigenvalue weighted by molar-refractivity contribution is 8.05. The molecule has 5 heteroatoms. The van der Waals surface area contributed by atoms with Gasteiger partial charge < -0.3 is 15.3 Å². The number of benzene rings is 2. The van der Waals surface area contributed by atoms with Crippen LogP contribution in [0.15, 0.2) is 59.5 Å².